The Balaban J connectivity index is 1.74. The second-order valence-corrected chi connectivity index (χ2v) is 6.72. The number of fused-ring (bicyclic) bond motifs is 1. The summed E-state index contributed by atoms with van der Waals surface area (Å²) in [6.07, 6.45) is 2.96. The van der Waals surface area contributed by atoms with Crippen molar-refractivity contribution in [2.24, 2.45) is 0 Å². The fraction of sp³-hybridized carbons (Fsp3) is 0.533. The number of rotatable bonds is 8. The van der Waals surface area contributed by atoms with E-state index in [2.05, 4.69) is 38.5 Å². The van der Waals surface area contributed by atoms with Crippen molar-refractivity contribution in [2.75, 3.05) is 39.0 Å². The number of amides is 1. The molecule has 0 aliphatic heterocycles. The van der Waals surface area contributed by atoms with Crippen LogP contribution in [0.5, 0.6) is 0 Å². The van der Waals surface area contributed by atoms with Crippen molar-refractivity contribution in [3.05, 3.63) is 17.3 Å². The summed E-state index contributed by atoms with van der Waals surface area (Å²) in [6, 6.07) is 2.07. The molecule has 0 aliphatic rings. The molecule has 0 spiro atoms. The average molecular weight is 321 g/mol. The van der Waals surface area contributed by atoms with Gasteiger partial charge in [0.05, 0.1) is 5.39 Å². The molecular formula is C15H23N5OS. The van der Waals surface area contributed by atoms with Crippen molar-refractivity contribution in [1.29, 1.82) is 0 Å². The van der Waals surface area contributed by atoms with Crippen LogP contribution in [0.1, 0.15) is 17.7 Å². The first-order valence-corrected chi connectivity index (χ1v) is 8.24. The number of hydrogen-bond acceptors (Lipinski definition) is 6. The molecular weight excluding hydrogens is 298 g/mol. The SMILES string of the molecule is Cc1cc2c(NCCC(=O)NCCCN(C)C)ncnc2s1. The molecule has 0 saturated heterocycles. The van der Waals surface area contributed by atoms with Crippen molar-refractivity contribution in [3.8, 4) is 0 Å². The Kier molecular flexibility index (Phi) is 6.09. The normalized spacial score (nSPS) is 11.1. The van der Waals surface area contributed by atoms with Crippen LogP contribution in [-0.2, 0) is 4.79 Å². The molecule has 0 fully saturated rings. The zero-order valence-electron chi connectivity index (χ0n) is 13.3. The third-order valence-electron chi connectivity index (χ3n) is 3.20. The number of carbonyl (C=O) groups excluding carboxylic acids is 1. The number of nitrogens with zero attached hydrogens (tertiary/aromatic N) is 3. The molecule has 2 N–H and O–H groups in total. The molecule has 0 bridgehead atoms. The first-order valence-electron chi connectivity index (χ1n) is 7.42. The van der Waals surface area contributed by atoms with E-state index in [1.165, 1.54) is 4.88 Å². The third-order valence-corrected chi connectivity index (χ3v) is 4.16. The van der Waals surface area contributed by atoms with Crippen molar-refractivity contribution < 1.29 is 4.79 Å². The Morgan fingerprint density at radius 3 is 2.91 bits per heavy atom. The number of hydrogen-bond donors (Lipinski definition) is 2. The van der Waals surface area contributed by atoms with Crippen LogP contribution in [0.3, 0.4) is 0 Å². The van der Waals surface area contributed by atoms with Gasteiger partial charge in [-0.15, -0.1) is 11.3 Å². The van der Waals surface area contributed by atoms with Gasteiger partial charge in [0.15, 0.2) is 0 Å². The highest BCUT2D eigenvalue weighted by atomic mass is 32.1. The lowest BCUT2D eigenvalue weighted by Gasteiger charge is -2.10. The Morgan fingerprint density at radius 1 is 1.32 bits per heavy atom. The summed E-state index contributed by atoms with van der Waals surface area (Å²) in [7, 11) is 4.06. The topological polar surface area (TPSA) is 70.2 Å². The summed E-state index contributed by atoms with van der Waals surface area (Å²) < 4.78 is 0. The molecule has 0 aliphatic carbocycles. The first kappa shape index (κ1) is 16.6. The van der Waals surface area contributed by atoms with E-state index < -0.39 is 0 Å². The summed E-state index contributed by atoms with van der Waals surface area (Å²) in [5, 5.41) is 7.18. The van der Waals surface area contributed by atoms with Gasteiger partial charge in [-0.25, -0.2) is 9.97 Å². The predicted octanol–water partition coefficient (Wildman–Crippen LogP) is 1.87. The van der Waals surface area contributed by atoms with Gasteiger partial charge in [0.2, 0.25) is 5.91 Å². The zero-order chi connectivity index (χ0) is 15.9. The lowest BCUT2D eigenvalue weighted by molar-refractivity contribution is -0.120. The Hall–Kier alpha value is -1.73. The van der Waals surface area contributed by atoms with Gasteiger partial charge in [0.1, 0.15) is 17.0 Å². The monoisotopic (exact) mass is 321 g/mol. The highest BCUT2D eigenvalue weighted by molar-refractivity contribution is 7.18. The zero-order valence-corrected chi connectivity index (χ0v) is 14.2. The summed E-state index contributed by atoms with van der Waals surface area (Å²) >= 11 is 1.65. The molecule has 6 nitrogen and oxygen atoms in total. The van der Waals surface area contributed by atoms with Crippen LogP contribution in [0.25, 0.3) is 10.2 Å². The summed E-state index contributed by atoms with van der Waals surface area (Å²) in [4.78, 5) is 24.6. The van der Waals surface area contributed by atoms with Crippen LogP contribution in [0.15, 0.2) is 12.4 Å². The molecule has 22 heavy (non-hydrogen) atoms. The molecule has 0 atom stereocenters. The van der Waals surface area contributed by atoms with Gasteiger partial charge < -0.3 is 15.5 Å². The van der Waals surface area contributed by atoms with E-state index in [0.29, 0.717) is 13.0 Å². The Morgan fingerprint density at radius 2 is 2.14 bits per heavy atom. The van der Waals surface area contributed by atoms with Gasteiger partial charge in [0.25, 0.3) is 0 Å². The van der Waals surface area contributed by atoms with Crippen LogP contribution >= 0.6 is 11.3 Å². The highest BCUT2D eigenvalue weighted by Gasteiger charge is 2.07. The smallest absolute Gasteiger partial charge is 0.221 e. The summed E-state index contributed by atoms with van der Waals surface area (Å²) in [5.41, 5.74) is 0. The van der Waals surface area contributed by atoms with Crippen LogP contribution in [0.4, 0.5) is 5.82 Å². The van der Waals surface area contributed by atoms with Crippen LogP contribution in [0, 0.1) is 6.92 Å². The van der Waals surface area contributed by atoms with Gasteiger partial charge in [-0.1, -0.05) is 0 Å². The largest absolute Gasteiger partial charge is 0.369 e. The number of thiophene rings is 1. The van der Waals surface area contributed by atoms with Gasteiger partial charge in [-0.2, -0.15) is 0 Å². The lowest BCUT2D eigenvalue weighted by atomic mass is 10.3. The Labute approximate surface area is 134 Å². The molecule has 0 aromatic carbocycles. The van der Waals surface area contributed by atoms with Crippen molar-refractivity contribution >= 4 is 33.3 Å². The Bertz CT molecular complexity index is 625. The molecule has 2 aromatic heterocycles. The number of nitrogens with one attached hydrogen (secondary N) is 2. The molecule has 2 aromatic rings. The van der Waals surface area contributed by atoms with Gasteiger partial charge >= 0.3 is 0 Å². The van der Waals surface area contributed by atoms with E-state index in [1.54, 1.807) is 17.7 Å². The molecule has 7 heteroatoms. The van der Waals surface area contributed by atoms with Crippen molar-refractivity contribution in [2.45, 2.75) is 19.8 Å². The molecule has 2 rings (SSSR count). The number of carbonyl (C=O) groups is 1. The lowest BCUT2D eigenvalue weighted by Crippen LogP contribution is -2.28. The molecule has 2 heterocycles. The fourth-order valence-electron chi connectivity index (χ4n) is 2.12. The van der Waals surface area contributed by atoms with Crippen LogP contribution in [-0.4, -0.2) is 54.5 Å². The maximum absolute atomic E-state index is 11.8. The molecule has 120 valence electrons. The summed E-state index contributed by atoms with van der Waals surface area (Å²) in [5.74, 6) is 0.868. The van der Waals surface area contributed by atoms with E-state index >= 15 is 0 Å². The second-order valence-electron chi connectivity index (χ2n) is 5.48. The van der Waals surface area contributed by atoms with Gasteiger partial charge in [-0.05, 0) is 40.1 Å². The van der Waals surface area contributed by atoms with Crippen molar-refractivity contribution in [1.82, 2.24) is 20.2 Å². The van der Waals surface area contributed by atoms with Crippen LogP contribution < -0.4 is 10.6 Å². The average Bonchev–Trinajstić information content (AvgIpc) is 2.84. The molecule has 0 unspecified atom stereocenters. The van der Waals surface area contributed by atoms with Gasteiger partial charge in [-0.3, -0.25) is 4.79 Å². The predicted molar refractivity (Wildman–Crippen MR) is 91.4 cm³/mol. The molecule has 0 radical (unpaired) electrons. The minimum Gasteiger partial charge on any atom is -0.369 e. The van der Waals surface area contributed by atoms with Gasteiger partial charge in [0, 0.05) is 24.4 Å². The highest BCUT2D eigenvalue weighted by Crippen LogP contribution is 2.27. The minimum absolute atomic E-state index is 0.0676. The summed E-state index contributed by atoms with van der Waals surface area (Å²) in [6.45, 7) is 4.32. The van der Waals surface area contributed by atoms with E-state index in [0.717, 1.165) is 35.5 Å². The van der Waals surface area contributed by atoms with E-state index in [4.69, 9.17) is 0 Å². The third kappa shape index (κ3) is 4.92. The molecule has 1 amide bonds. The second kappa shape index (κ2) is 8.05. The number of anilines is 1. The maximum Gasteiger partial charge on any atom is 0.221 e. The quantitative estimate of drug-likeness (QED) is 0.726. The van der Waals surface area contributed by atoms with E-state index in [9.17, 15) is 4.79 Å². The van der Waals surface area contributed by atoms with Crippen LogP contribution in [0.2, 0.25) is 0 Å². The van der Waals surface area contributed by atoms with E-state index in [1.807, 2.05) is 14.1 Å². The number of aryl methyl sites for hydroxylation is 1. The standard InChI is InChI=1S/C15H23N5OS/c1-11-9-12-14(18-10-19-15(12)22-11)17-7-5-13(21)16-6-4-8-20(2)3/h9-10H,4-8H2,1-3H3,(H,16,21)(H,17,18,19). The first-order chi connectivity index (χ1) is 10.6. The minimum atomic E-state index is 0.0676. The molecule has 0 saturated carbocycles. The van der Waals surface area contributed by atoms with E-state index in [-0.39, 0.29) is 5.91 Å². The number of aromatic nitrogens is 2. The fourth-order valence-corrected chi connectivity index (χ4v) is 2.97. The maximum atomic E-state index is 11.8. The van der Waals surface area contributed by atoms with Crippen molar-refractivity contribution in [3.63, 3.8) is 0 Å².